The van der Waals surface area contributed by atoms with Gasteiger partial charge in [-0.2, -0.15) is 0 Å². The molecule has 1 aliphatic rings. The number of ether oxygens (including phenoxy) is 2. The number of aryl methyl sites for hydroxylation is 1. The number of methoxy groups -OCH3 is 1. The Kier molecular flexibility index (Phi) is 8.75. The van der Waals surface area contributed by atoms with E-state index in [1.807, 2.05) is 72.5 Å². The van der Waals surface area contributed by atoms with Gasteiger partial charge in [-0.05, 0) is 54.4 Å². The van der Waals surface area contributed by atoms with Crippen LogP contribution in [0.25, 0.3) is 0 Å². The van der Waals surface area contributed by atoms with E-state index in [0.29, 0.717) is 36.8 Å². The second-order valence-electron chi connectivity index (χ2n) is 9.00. The van der Waals surface area contributed by atoms with Gasteiger partial charge in [-0.15, -0.1) is 0 Å². The predicted molar refractivity (Wildman–Crippen MR) is 140 cm³/mol. The lowest BCUT2D eigenvalue weighted by molar-refractivity contribution is 0.00340. The van der Waals surface area contributed by atoms with E-state index in [2.05, 4.69) is 4.90 Å². The van der Waals surface area contributed by atoms with Crippen LogP contribution >= 0.6 is 11.6 Å². The monoisotopic (exact) mass is 506 g/mol. The second-order valence-corrected chi connectivity index (χ2v) is 9.44. The zero-order chi connectivity index (χ0) is 25.5. The summed E-state index contributed by atoms with van der Waals surface area (Å²) in [5.74, 6) is -0.277. The van der Waals surface area contributed by atoms with Crippen LogP contribution in [-0.4, -0.2) is 61.5 Å². The normalized spacial score (nSPS) is 14.9. The van der Waals surface area contributed by atoms with Crippen molar-refractivity contribution in [2.24, 2.45) is 0 Å². The molecule has 0 N–H and O–H groups in total. The van der Waals surface area contributed by atoms with Crippen LogP contribution in [0, 0.1) is 6.92 Å². The molecule has 1 fully saturated rings. The molecule has 0 aliphatic carbocycles. The Morgan fingerprint density at radius 1 is 0.917 bits per heavy atom. The van der Waals surface area contributed by atoms with E-state index in [1.165, 1.54) is 7.11 Å². The SMILES string of the molecule is COC(=O)c1ccc(CO[C@@H](CN2CCN(C(=O)c3cccc(C)c3)CC2)c2ccc(Cl)cc2)cc1. The molecule has 36 heavy (non-hydrogen) atoms. The molecule has 0 bridgehead atoms. The summed E-state index contributed by atoms with van der Waals surface area (Å²) in [6, 6.07) is 22.7. The minimum Gasteiger partial charge on any atom is -0.465 e. The molecule has 1 aliphatic heterocycles. The molecule has 3 aromatic carbocycles. The van der Waals surface area contributed by atoms with Crippen molar-refractivity contribution in [3.63, 3.8) is 0 Å². The van der Waals surface area contributed by atoms with Gasteiger partial charge in [0.2, 0.25) is 0 Å². The van der Waals surface area contributed by atoms with Crippen molar-refractivity contribution in [3.8, 4) is 0 Å². The smallest absolute Gasteiger partial charge is 0.337 e. The molecule has 0 spiro atoms. The van der Waals surface area contributed by atoms with Gasteiger partial charge < -0.3 is 14.4 Å². The highest BCUT2D eigenvalue weighted by molar-refractivity contribution is 6.30. The van der Waals surface area contributed by atoms with Gasteiger partial charge in [0.15, 0.2) is 0 Å². The summed E-state index contributed by atoms with van der Waals surface area (Å²) in [7, 11) is 1.37. The van der Waals surface area contributed by atoms with E-state index in [0.717, 1.165) is 35.3 Å². The Balaban J connectivity index is 1.38. The third-order valence-corrected chi connectivity index (χ3v) is 6.67. The summed E-state index contributed by atoms with van der Waals surface area (Å²) < 4.78 is 11.1. The zero-order valence-electron chi connectivity index (χ0n) is 20.7. The quantitative estimate of drug-likeness (QED) is 0.395. The third kappa shape index (κ3) is 6.72. The van der Waals surface area contributed by atoms with Gasteiger partial charge in [-0.1, -0.05) is 53.6 Å². The van der Waals surface area contributed by atoms with Gasteiger partial charge >= 0.3 is 5.97 Å². The third-order valence-electron chi connectivity index (χ3n) is 6.42. The molecule has 1 amide bonds. The number of carbonyl (C=O) groups is 2. The standard InChI is InChI=1S/C29H31ClN2O4/c1-21-4-3-5-25(18-21)28(33)32-16-14-31(15-17-32)19-27(23-10-12-26(30)13-11-23)36-20-22-6-8-24(9-7-22)29(34)35-2/h3-13,18,27H,14-17,19-20H2,1-2H3/t27-/m0/s1. The van der Waals surface area contributed by atoms with Crippen molar-refractivity contribution in [1.29, 1.82) is 0 Å². The van der Waals surface area contributed by atoms with Gasteiger partial charge in [0.25, 0.3) is 5.91 Å². The summed E-state index contributed by atoms with van der Waals surface area (Å²) in [5, 5.41) is 0.680. The lowest BCUT2D eigenvalue weighted by atomic mass is 10.1. The highest BCUT2D eigenvalue weighted by atomic mass is 35.5. The summed E-state index contributed by atoms with van der Waals surface area (Å²) in [6.07, 6.45) is -0.165. The average Bonchev–Trinajstić information content (AvgIpc) is 2.91. The Morgan fingerprint density at radius 2 is 1.61 bits per heavy atom. The van der Waals surface area contributed by atoms with E-state index in [1.54, 1.807) is 12.1 Å². The second kappa shape index (κ2) is 12.2. The number of carbonyl (C=O) groups excluding carboxylic acids is 2. The zero-order valence-corrected chi connectivity index (χ0v) is 21.4. The topological polar surface area (TPSA) is 59.1 Å². The first-order valence-corrected chi connectivity index (χ1v) is 12.4. The summed E-state index contributed by atoms with van der Waals surface area (Å²) in [6.45, 7) is 6.01. The molecule has 0 radical (unpaired) electrons. The first kappa shape index (κ1) is 25.9. The Morgan fingerprint density at radius 3 is 2.25 bits per heavy atom. The summed E-state index contributed by atoms with van der Waals surface area (Å²) in [5.41, 5.74) is 4.35. The van der Waals surface area contributed by atoms with Crippen LogP contribution in [0.2, 0.25) is 5.02 Å². The summed E-state index contributed by atoms with van der Waals surface area (Å²) >= 11 is 6.11. The van der Waals surface area contributed by atoms with E-state index in [9.17, 15) is 9.59 Å². The number of amides is 1. The number of hydrogen-bond acceptors (Lipinski definition) is 5. The van der Waals surface area contributed by atoms with E-state index >= 15 is 0 Å². The number of esters is 1. The largest absolute Gasteiger partial charge is 0.465 e. The van der Waals surface area contributed by atoms with Crippen LogP contribution in [0.4, 0.5) is 0 Å². The predicted octanol–water partition coefficient (Wildman–Crippen LogP) is 5.15. The Hall–Kier alpha value is -3.19. The number of halogens is 1. The number of benzene rings is 3. The fourth-order valence-electron chi connectivity index (χ4n) is 4.31. The van der Waals surface area contributed by atoms with Crippen LogP contribution in [-0.2, 0) is 16.1 Å². The Bertz CT molecular complexity index is 1170. The van der Waals surface area contributed by atoms with Gasteiger partial charge in [-0.25, -0.2) is 4.79 Å². The van der Waals surface area contributed by atoms with Crippen LogP contribution in [0.3, 0.4) is 0 Å². The molecule has 1 heterocycles. The maximum atomic E-state index is 12.9. The first-order valence-electron chi connectivity index (χ1n) is 12.1. The maximum Gasteiger partial charge on any atom is 0.337 e. The highest BCUT2D eigenvalue weighted by Gasteiger charge is 2.25. The molecule has 1 saturated heterocycles. The molecule has 1 atom stereocenters. The van der Waals surface area contributed by atoms with Crippen molar-refractivity contribution in [3.05, 3.63) is 106 Å². The van der Waals surface area contributed by atoms with Crippen LogP contribution < -0.4 is 0 Å². The van der Waals surface area contributed by atoms with Crippen molar-refractivity contribution in [2.45, 2.75) is 19.6 Å². The van der Waals surface area contributed by atoms with Gasteiger partial charge in [-0.3, -0.25) is 9.69 Å². The number of nitrogens with zero attached hydrogens (tertiary/aromatic N) is 2. The molecule has 3 aromatic rings. The molecule has 6 nitrogen and oxygen atoms in total. The highest BCUT2D eigenvalue weighted by Crippen LogP contribution is 2.24. The molecule has 4 rings (SSSR count). The van der Waals surface area contributed by atoms with Gasteiger partial charge in [0.1, 0.15) is 0 Å². The van der Waals surface area contributed by atoms with Crippen LogP contribution in [0.5, 0.6) is 0 Å². The fraction of sp³-hybridized carbons (Fsp3) is 0.310. The molecular weight excluding hydrogens is 476 g/mol. The van der Waals surface area contributed by atoms with Crippen LogP contribution in [0.15, 0.2) is 72.8 Å². The molecule has 188 valence electrons. The molecule has 0 aromatic heterocycles. The van der Waals surface area contributed by atoms with Crippen molar-refractivity contribution < 1.29 is 19.1 Å². The van der Waals surface area contributed by atoms with Crippen molar-refractivity contribution >= 4 is 23.5 Å². The number of hydrogen-bond donors (Lipinski definition) is 0. The number of piperazine rings is 1. The first-order chi connectivity index (χ1) is 17.4. The molecular formula is C29H31ClN2O4. The molecule has 0 unspecified atom stereocenters. The average molecular weight is 507 g/mol. The minimum atomic E-state index is -0.360. The number of rotatable bonds is 8. The summed E-state index contributed by atoms with van der Waals surface area (Å²) in [4.78, 5) is 28.9. The van der Waals surface area contributed by atoms with Crippen molar-refractivity contribution in [1.82, 2.24) is 9.80 Å². The lowest BCUT2D eigenvalue weighted by Gasteiger charge is -2.36. The Labute approximate surface area is 217 Å². The van der Waals surface area contributed by atoms with Crippen molar-refractivity contribution in [2.75, 3.05) is 39.8 Å². The van der Waals surface area contributed by atoms with Crippen LogP contribution in [0.1, 0.15) is 43.5 Å². The minimum absolute atomic E-state index is 0.0826. The van der Waals surface area contributed by atoms with E-state index in [4.69, 9.17) is 21.1 Å². The lowest BCUT2D eigenvalue weighted by Crippen LogP contribution is -2.49. The molecule has 0 saturated carbocycles. The van der Waals surface area contributed by atoms with Gasteiger partial charge in [0, 0.05) is 43.3 Å². The fourth-order valence-corrected chi connectivity index (χ4v) is 4.44. The van der Waals surface area contributed by atoms with E-state index in [-0.39, 0.29) is 18.0 Å². The molecule has 7 heteroatoms. The van der Waals surface area contributed by atoms with Gasteiger partial charge in [0.05, 0.1) is 25.4 Å². The maximum absolute atomic E-state index is 12.9. The van der Waals surface area contributed by atoms with E-state index < -0.39 is 0 Å².